The quantitative estimate of drug-likeness (QED) is 0.388. The first kappa shape index (κ1) is 13.6. The standard InChI is InChI=1S/C13H11IN2O3/c14-10-3-1-2-4-13(10)19-8-9-5-6-12(16(17)18)11(15)7-9/h1-7H,8,15H2. The van der Waals surface area contributed by atoms with E-state index in [4.69, 9.17) is 10.5 Å². The second-order valence-corrected chi connectivity index (χ2v) is 5.03. The lowest BCUT2D eigenvalue weighted by Gasteiger charge is -2.08. The van der Waals surface area contributed by atoms with Crippen LogP contribution in [0.15, 0.2) is 42.5 Å². The van der Waals surface area contributed by atoms with Gasteiger partial charge in [0.25, 0.3) is 5.69 Å². The number of benzene rings is 2. The van der Waals surface area contributed by atoms with Gasteiger partial charge in [0.1, 0.15) is 18.0 Å². The molecular formula is C13H11IN2O3. The Morgan fingerprint density at radius 2 is 2.00 bits per heavy atom. The van der Waals surface area contributed by atoms with Crippen LogP contribution < -0.4 is 10.5 Å². The maximum Gasteiger partial charge on any atom is 0.292 e. The van der Waals surface area contributed by atoms with Gasteiger partial charge in [-0.15, -0.1) is 0 Å². The summed E-state index contributed by atoms with van der Waals surface area (Å²) in [6.07, 6.45) is 0. The molecule has 6 heteroatoms. The summed E-state index contributed by atoms with van der Waals surface area (Å²) in [5.74, 6) is 0.778. The molecule has 2 aromatic rings. The predicted octanol–water partition coefficient (Wildman–Crippen LogP) is 3.36. The summed E-state index contributed by atoms with van der Waals surface area (Å²) in [6, 6.07) is 12.2. The molecule has 0 saturated carbocycles. The van der Waals surface area contributed by atoms with Gasteiger partial charge in [0, 0.05) is 6.07 Å². The minimum Gasteiger partial charge on any atom is -0.488 e. The van der Waals surface area contributed by atoms with E-state index in [1.807, 2.05) is 24.3 Å². The Morgan fingerprint density at radius 3 is 2.63 bits per heavy atom. The monoisotopic (exact) mass is 370 g/mol. The Labute approximate surface area is 123 Å². The number of ether oxygens (including phenoxy) is 1. The molecule has 2 N–H and O–H groups in total. The van der Waals surface area contributed by atoms with E-state index in [2.05, 4.69) is 22.6 Å². The fraction of sp³-hybridized carbons (Fsp3) is 0.0769. The van der Waals surface area contributed by atoms with Crippen molar-refractivity contribution in [3.63, 3.8) is 0 Å². The van der Waals surface area contributed by atoms with E-state index in [9.17, 15) is 10.1 Å². The number of nitrogen functional groups attached to an aromatic ring is 1. The smallest absolute Gasteiger partial charge is 0.292 e. The van der Waals surface area contributed by atoms with Crippen molar-refractivity contribution in [2.45, 2.75) is 6.61 Å². The minimum absolute atomic E-state index is 0.0851. The molecule has 0 atom stereocenters. The van der Waals surface area contributed by atoms with Gasteiger partial charge in [-0.2, -0.15) is 0 Å². The Hall–Kier alpha value is -1.83. The highest BCUT2D eigenvalue weighted by molar-refractivity contribution is 14.1. The summed E-state index contributed by atoms with van der Waals surface area (Å²) < 4.78 is 6.65. The van der Waals surface area contributed by atoms with Crippen molar-refractivity contribution < 1.29 is 9.66 Å². The van der Waals surface area contributed by atoms with E-state index >= 15 is 0 Å². The molecule has 0 amide bonds. The van der Waals surface area contributed by atoms with Gasteiger partial charge in [-0.25, -0.2) is 0 Å². The largest absolute Gasteiger partial charge is 0.488 e. The molecule has 0 aliphatic carbocycles. The highest BCUT2D eigenvalue weighted by Gasteiger charge is 2.11. The molecule has 0 bridgehead atoms. The molecule has 0 fully saturated rings. The summed E-state index contributed by atoms with van der Waals surface area (Å²) in [5, 5.41) is 10.7. The van der Waals surface area contributed by atoms with Gasteiger partial charge in [0.2, 0.25) is 0 Å². The van der Waals surface area contributed by atoms with Crippen LogP contribution in [-0.2, 0) is 6.61 Å². The van der Waals surface area contributed by atoms with Crippen molar-refractivity contribution in [3.05, 3.63) is 61.7 Å². The molecular weight excluding hydrogens is 359 g/mol. The van der Waals surface area contributed by atoms with Crippen LogP contribution in [0.2, 0.25) is 0 Å². The molecule has 2 aromatic carbocycles. The van der Waals surface area contributed by atoms with Crippen LogP contribution in [0.3, 0.4) is 0 Å². The Morgan fingerprint density at radius 1 is 1.26 bits per heavy atom. The van der Waals surface area contributed by atoms with E-state index in [0.717, 1.165) is 14.9 Å². The topological polar surface area (TPSA) is 78.4 Å². The van der Waals surface area contributed by atoms with Crippen molar-refractivity contribution >= 4 is 34.0 Å². The summed E-state index contributed by atoms with van der Waals surface area (Å²) >= 11 is 2.18. The molecule has 0 radical (unpaired) electrons. The van der Waals surface area contributed by atoms with Gasteiger partial charge in [-0.3, -0.25) is 10.1 Å². The van der Waals surface area contributed by atoms with Crippen LogP contribution in [0, 0.1) is 13.7 Å². The lowest BCUT2D eigenvalue weighted by molar-refractivity contribution is -0.383. The zero-order valence-corrected chi connectivity index (χ0v) is 12.0. The number of para-hydroxylation sites is 1. The number of anilines is 1. The lowest BCUT2D eigenvalue weighted by atomic mass is 10.2. The Kier molecular flexibility index (Phi) is 4.20. The third kappa shape index (κ3) is 3.34. The molecule has 0 spiro atoms. The number of nitrogens with two attached hydrogens (primary N) is 1. The van der Waals surface area contributed by atoms with Crippen LogP contribution in [0.25, 0.3) is 0 Å². The number of rotatable bonds is 4. The maximum atomic E-state index is 10.7. The molecule has 98 valence electrons. The zero-order chi connectivity index (χ0) is 13.8. The fourth-order valence-electron chi connectivity index (χ4n) is 1.58. The minimum atomic E-state index is -0.500. The highest BCUT2D eigenvalue weighted by atomic mass is 127. The Balaban J connectivity index is 2.11. The second-order valence-electron chi connectivity index (χ2n) is 3.87. The predicted molar refractivity (Wildman–Crippen MR) is 81.0 cm³/mol. The average molecular weight is 370 g/mol. The van der Waals surface area contributed by atoms with Crippen LogP contribution in [0.4, 0.5) is 11.4 Å². The zero-order valence-electron chi connectivity index (χ0n) is 9.88. The van der Waals surface area contributed by atoms with E-state index in [0.29, 0.717) is 6.61 Å². The van der Waals surface area contributed by atoms with Crippen LogP contribution in [0.1, 0.15) is 5.56 Å². The van der Waals surface area contributed by atoms with Gasteiger partial charge in [-0.1, -0.05) is 12.1 Å². The second kappa shape index (κ2) is 5.87. The van der Waals surface area contributed by atoms with Crippen molar-refractivity contribution in [2.75, 3.05) is 5.73 Å². The lowest BCUT2D eigenvalue weighted by Crippen LogP contribution is -2.00. The number of nitrogens with zero attached hydrogens (tertiary/aromatic N) is 1. The van der Waals surface area contributed by atoms with Crippen molar-refractivity contribution in [1.82, 2.24) is 0 Å². The molecule has 0 aliphatic rings. The van der Waals surface area contributed by atoms with E-state index in [-0.39, 0.29) is 11.4 Å². The number of nitro benzene ring substituents is 1. The molecule has 5 nitrogen and oxygen atoms in total. The first-order valence-electron chi connectivity index (χ1n) is 5.48. The molecule has 0 aromatic heterocycles. The molecule has 19 heavy (non-hydrogen) atoms. The number of nitro groups is 1. The third-order valence-electron chi connectivity index (χ3n) is 2.52. The van der Waals surface area contributed by atoms with Crippen molar-refractivity contribution in [1.29, 1.82) is 0 Å². The third-order valence-corrected chi connectivity index (χ3v) is 3.41. The van der Waals surface area contributed by atoms with Gasteiger partial charge >= 0.3 is 0 Å². The summed E-state index contributed by atoms with van der Waals surface area (Å²) in [7, 11) is 0. The number of halogens is 1. The van der Waals surface area contributed by atoms with Crippen LogP contribution >= 0.6 is 22.6 Å². The summed E-state index contributed by atoms with van der Waals surface area (Å²) in [6.45, 7) is 0.322. The van der Waals surface area contributed by atoms with E-state index in [1.54, 1.807) is 12.1 Å². The SMILES string of the molecule is Nc1cc(COc2ccccc2I)ccc1[N+](=O)[O-]. The number of hydrogen-bond donors (Lipinski definition) is 1. The Bertz CT molecular complexity index is 617. The summed E-state index contributed by atoms with van der Waals surface area (Å²) in [5.41, 5.74) is 6.48. The van der Waals surface area contributed by atoms with Crippen LogP contribution in [-0.4, -0.2) is 4.92 Å². The molecule has 0 heterocycles. The van der Waals surface area contributed by atoms with E-state index < -0.39 is 4.92 Å². The first-order chi connectivity index (χ1) is 9.08. The van der Waals surface area contributed by atoms with Gasteiger partial charge in [0.15, 0.2) is 0 Å². The average Bonchev–Trinajstić information content (AvgIpc) is 2.37. The van der Waals surface area contributed by atoms with E-state index in [1.165, 1.54) is 6.07 Å². The molecule has 0 unspecified atom stereocenters. The van der Waals surface area contributed by atoms with Crippen LogP contribution in [0.5, 0.6) is 5.75 Å². The molecule has 0 saturated heterocycles. The van der Waals surface area contributed by atoms with Gasteiger partial charge < -0.3 is 10.5 Å². The maximum absolute atomic E-state index is 10.7. The number of hydrogen-bond acceptors (Lipinski definition) is 4. The van der Waals surface area contributed by atoms with Gasteiger partial charge in [0.05, 0.1) is 8.49 Å². The molecule has 2 rings (SSSR count). The highest BCUT2D eigenvalue weighted by Crippen LogP contribution is 2.24. The summed E-state index contributed by atoms with van der Waals surface area (Å²) in [4.78, 5) is 10.2. The van der Waals surface area contributed by atoms with Gasteiger partial charge in [-0.05, 0) is 52.4 Å². The van der Waals surface area contributed by atoms with Crippen molar-refractivity contribution in [3.8, 4) is 5.75 Å². The first-order valence-corrected chi connectivity index (χ1v) is 6.56. The van der Waals surface area contributed by atoms with Crippen molar-refractivity contribution in [2.24, 2.45) is 0 Å². The normalized spacial score (nSPS) is 10.2. The molecule has 0 aliphatic heterocycles. The fourth-order valence-corrected chi connectivity index (χ4v) is 2.13.